The zero-order chi connectivity index (χ0) is 32.1. The predicted octanol–water partition coefficient (Wildman–Crippen LogP) is 6.89. The second-order valence-electron chi connectivity index (χ2n) is 7.80. The quantitative estimate of drug-likeness (QED) is 0.146. The number of carbonyl (C=O) groups is 1. The highest BCUT2D eigenvalue weighted by atomic mass is 19.4. The highest BCUT2D eigenvalue weighted by Gasteiger charge is 2.98. The first-order valence-corrected chi connectivity index (χ1v) is 9.32. The van der Waals surface area contributed by atoms with Crippen LogP contribution in [0.15, 0.2) is 12.2 Å². The maximum absolute atomic E-state index is 13.8. The van der Waals surface area contributed by atoms with E-state index in [2.05, 4.69) is 11.3 Å². The summed E-state index contributed by atoms with van der Waals surface area (Å²) in [7, 11) is 0. The van der Waals surface area contributed by atoms with Crippen molar-refractivity contribution in [3.05, 3.63) is 12.2 Å². The van der Waals surface area contributed by atoms with Crippen LogP contribution in [0.1, 0.15) is 19.8 Å². The molecule has 1 unspecified atom stereocenters. The molecular formula is C17H13F19O3. The number of ether oxygens (including phenoxy) is 1. The Balaban J connectivity index is 6.50. The van der Waals surface area contributed by atoms with Gasteiger partial charge in [0.05, 0.1) is 6.10 Å². The minimum atomic E-state index is -9.08. The number of aliphatic hydroxyl groups excluding tert-OH is 1. The first-order valence-electron chi connectivity index (χ1n) is 9.32. The van der Waals surface area contributed by atoms with Crippen molar-refractivity contribution in [2.75, 3.05) is 6.61 Å². The number of aliphatic hydroxyl groups is 1. The Morgan fingerprint density at radius 3 is 1.33 bits per heavy atom. The van der Waals surface area contributed by atoms with E-state index in [1.807, 2.05) is 0 Å². The zero-order valence-corrected chi connectivity index (χ0v) is 18.4. The van der Waals surface area contributed by atoms with E-state index in [-0.39, 0.29) is 0 Å². The molecule has 22 heteroatoms. The van der Waals surface area contributed by atoms with Crippen LogP contribution >= 0.6 is 0 Å². The molecule has 232 valence electrons. The van der Waals surface area contributed by atoms with Crippen LogP contribution in [0.2, 0.25) is 0 Å². The van der Waals surface area contributed by atoms with E-state index in [1.165, 1.54) is 0 Å². The third-order valence-corrected chi connectivity index (χ3v) is 4.80. The van der Waals surface area contributed by atoms with E-state index in [0.29, 0.717) is 0 Å². The van der Waals surface area contributed by atoms with Gasteiger partial charge >= 0.3 is 59.5 Å². The molecule has 39 heavy (non-hydrogen) atoms. The van der Waals surface area contributed by atoms with Crippen LogP contribution in [-0.4, -0.2) is 77.3 Å². The van der Waals surface area contributed by atoms with Crippen LogP contribution in [0.5, 0.6) is 0 Å². The maximum atomic E-state index is 13.8. The second kappa shape index (κ2) is 10.3. The fraction of sp³-hybridized carbons (Fsp3) is 0.824. The number of rotatable bonds is 12. The Bertz CT molecular complexity index is 888. The molecule has 0 aliphatic carbocycles. The first kappa shape index (κ1) is 36.8. The number of esters is 1. The Morgan fingerprint density at radius 1 is 0.667 bits per heavy atom. The molecule has 0 heterocycles. The van der Waals surface area contributed by atoms with Crippen LogP contribution in [0.3, 0.4) is 0 Å². The highest BCUT2D eigenvalue weighted by Crippen LogP contribution is 2.66. The average Bonchev–Trinajstić information content (AvgIpc) is 2.72. The third kappa shape index (κ3) is 5.70. The fourth-order valence-electron chi connectivity index (χ4n) is 2.44. The van der Waals surface area contributed by atoms with Gasteiger partial charge in [0.25, 0.3) is 0 Å². The summed E-state index contributed by atoms with van der Waals surface area (Å²) < 4.78 is 256. The Kier molecular flexibility index (Phi) is 9.77. The first-order chi connectivity index (χ1) is 16.7. The van der Waals surface area contributed by atoms with Crippen molar-refractivity contribution in [1.29, 1.82) is 0 Å². The van der Waals surface area contributed by atoms with Gasteiger partial charge in [-0.1, -0.05) is 6.58 Å². The SMILES string of the molecule is C=C(C)C(=O)OCC(O)CCC(F)(F)C(F)(F)C(F)(F)C(F)(F)C(F)(F)C(F)(F)C(F)(C(F)(F)F)C(F)(F)F. The molecule has 0 bridgehead atoms. The lowest BCUT2D eigenvalue weighted by molar-refractivity contribution is -0.472. The summed E-state index contributed by atoms with van der Waals surface area (Å²) in [5.41, 5.74) is -9.19. The summed E-state index contributed by atoms with van der Waals surface area (Å²) in [6.45, 7) is 2.60. The Morgan fingerprint density at radius 2 is 1.00 bits per heavy atom. The molecule has 0 radical (unpaired) electrons. The zero-order valence-electron chi connectivity index (χ0n) is 18.4. The lowest BCUT2D eigenvalue weighted by Crippen LogP contribution is -2.77. The summed E-state index contributed by atoms with van der Waals surface area (Å²) in [6, 6.07) is 0. The molecule has 0 fully saturated rings. The van der Waals surface area contributed by atoms with Gasteiger partial charge in [0.1, 0.15) is 6.61 Å². The molecule has 0 saturated heterocycles. The number of halogens is 19. The van der Waals surface area contributed by atoms with Crippen molar-refractivity contribution >= 4 is 5.97 Å². The van der Waals surface area contributed by atoms with Gasteiger partial charge in [-0.15, -0.1) is 0 Å². The van der Waals surface area contributed by atoms with Gasteiger partial charge < -0.3 is 9.84 Å². The summed E-state index contributed by atoms with van der Waals surface area (Å²) in [5, 5.41) is 9.25. The average molecular weight is 626 g/mol. The van der Waals surface area contributed by atoms with Crippen LogP contribution < -0.4 is 0 Å². The number of hydrogen-bond acceptors (Lipinski definition) is 3. The molecule has 0 rings (SSSR count). The smallest absolute Gasteiger partial charge is 0.438 e. The monoisotopic (exact) mass is 626 g/mol. The second-order valence-corrected chi connectivity index (χ2v) is 7.80. The van der Waals surface area contributed by atoms with Crippen molar-refractivity contribution in [2.24, 2.45) is 0 Å². The minimum absolute atomic E-state index is 0.396. The Hall–Kier alpha value is -2.16. The van der Waals surface area contributed by atoms with E-state index in [9.17, 15) is 93.3 Å². The van der Waals surface area contributed by atoms with E-state index in [4.69, 9.17) is 0 Å². The molecular weight excluding hydrogens is 613 g/mol. The van der Waals surface area contributed by atoms with E-state index in [1.54, 1.807) is 0 Å². The van der Waals surface area contributed by atoms with Gasteiger partial charge in [0.2, 0.25) is 0 Å². The van der Waals surface area contributed by atoms with Crippen LogP contribution in [-0.2, 0) is 9.53 Å². The number of carbonyl (C=O) groups excluding carboxylic acids is 1. The lowest BCUT2D eigenvalue weighted by Gasteiger charge is -2.45. The van der Waals surface area contributed by atoms with E-state index < -0.39 is 90.7 Å². The van der Waals surface area contributed by atoms with Crippen molar-refractivity contribution in [2.45, 2.75) is 79.4 Å². The standard InChI is InChI=1S/C17H13F19O3/c1-6(2)8(38)39-5-7(37)3-4-9(18,19)11(21,22)13(25,26)15(29,30)14(27,28)12(23,24)10(20,16(31,32)33)17(34,35)36/h7,37H,1,3-5H2,2H3. The molecule has 0 aliphatic rings. The molecule has 0 aromatic heterocycles. The highest BCUT2D eigenvalue weighted by molar-refractivity contribution is 5.86. The largest absolute Gasteiger partial charge is 0.460 e. The van der Waals surface area contributed by atoms with Crippen molar-refractivity contribution in [3.8, 4) is 0 Å². The van der Waals surface area contributed by atoms with Gasteiger partial charge in [-0.3, -0.25) is 0 Å². The molecule has 1 N–H and O–H groups in total. The normalized spacial score (nSPS) is 16.2. The molecule has 0 aromatic rings. The van der Waals surface area contributed by atoms with E-state index >= 15 is 0 Å². The van der Waals surface area contributed by atoms with Crippen LogP contribution in [0, 0.1) is 0 Å². The van der Waals surface area contributed by atoms with Crippen molar-refractivity contribution in [3.63, 3.8) is 0 Å². The predicted molar refractivity (Wildman–Crippen MR) is 86.6 cm³/mol. The minimum Gasteiger partial charge on any atom is -0.460 e. The molecule has 0 saturated carbocycles. The molecule has 0 aliphatic heterocycles. The van der Waals surface area contributed by atoms with Gasteiger partial charge in [-0.2, -0.15) is 79.0 Å². The Labute approximate surface area is 203 Å². The molecule has 3 nitrogen and oxygen atoms in total. The lowest BCUT2D eigenvalue weighted by atomic mass is 9.83. The molecule has 1 atom stereocenters. The van der Waals surface area contributed by atoms with Gasteiger partial charge in [0, 0.05) is 12.0 Å². The molecule has 0 aromatic carbocycles. The van der Waals surface area contributed by atoms with Gasteiger partial charge in [-0.05, 0) is 13.3 Å². The third-order valence-electron chi connectivity index (χ3n) is 4.80. The van der Waals surface area contributed by atoms with Crippen molar-refractivity contribution in [1.82, 2.24) is 0 Å². The number of alkyl halides is 19. The van der Waals surface area contributed by atoms with Gasteiger partial charge in [0.15, 0.2) is 0 Å². The molecule has 0 amide bonds. The maximum Gasteiger partial charge on any atom is 0.438 e. The van der Waals surface area contributed by atoms with Crippen LogP contribution in [0.25, 0.3) is 0 Å². The van der Waals surface area contributed by atoms with Crippen LogP contribution in [0.4, 0.5) is 83.4 Å². The fourth-order valence-corrected chi connectivity index (χ4v) is 2.44. The number of hydrogen-bond donors (Lipinski definition) is 1. The topological polar surface area (TPSA) is 46.5 Å². The van der Waals surface area contributed by atoms with Gasteiger partial charge in [-0.25, -0.2) is 9.18 Å². The summed E-state index contributed by atoms with van der Waals surface area (Å²) in [6.07, 6.45) is -24.0. The summed E-state index contributed by atoms with van der Waals surface area (Å²) in [5.74, 6) is -51.8. The summed E-state index contributed by atoms with van der Waals surface area (Å²) in [4.78, 5) is 11.0. The van der Waals surface area contributed by atoms with E-state index in [0.717, 1.165) is 6.92 Å². The molecule has 0 spiro atoms. The van der Waals surface area contributed by atoms with Crippen molar-refractivity contribution < 1.29 is 98.1 Å². The summed E-state index contributed by atoms with van der Waals surface area (Å²) >= 11 is 0.